The first-order chi connectivity index (χ1) is 19.1. The Hall–Kier alpha value is -4.14. The van der Waals surface area contributed by atoms with Crippen LogP contribution in [0.5, 0.6) is 0 Å². The highest BCUT2D eigenvalue weighted by molar-refractivity contribution is 6.01. The number of Topliss-reactive ketones (excluding diaryl/α,β-unsaturated/α-hetero) is 1. The van der Waals surface area contributed by atoms with Crippen molar-refractivity contribution in [2.75, 3.05) is 11.4 Å². The highest BCUT2D eigenvalue weighted by Crippen LogP contribution is 2.43. The number of fused-ring (bicyclic) bond motifs is 4. The number of halogens is 4. The van der Waals surface area contributed by atoms with Crippen LogP contribution in [0.25, 0.3) is 10.9 Å². The van der Waals surface area contributed by atoms with Gasteiger partial charge in [0, 0.05) is 48.4 Å². The molecule has 0 bridgehead atoms. The van der Waals surface area contributed by atoms with E-state index in [9.17, 15) is 18.0 Å². The zero-order valence-electron chi connectivity index (χ0n) is 22.2. The quantitative estimate of drug-likeness (QED) is 0.248. The normalized spacial score (nSPS) is 17.1. The molecule has 0 amide bonds. The minimum Gasteiger partial charge on any atom is -0.341 e. The lowest BCUT2D eigenvalue weighted by Crippen LogP contribution is -2.50. The number of carbonyl (C=O) groups excluding carboxylic acids is 1. The molecule has 0 spiro atoms. The molecule has 4 aromatic rings. The Morgan fingerprint density at radius 2 is 1.82 bits per heavy atom. The van der Waals surface area contributed by atoms with E-state index in [0.717, 1.165) is 34.3 Å². The molecule has 2 aliphatic rings. The smallest absolute Gasteiger partial charge is 0.341 e. The van der Waals surface area contributed by atoms with E-state index in [1.807, 2.05) is 11.8 Å². The minimum atomic E-state index is -4.55. The Labute approximate surface area is 229 Å². The molecule has 0 saturated carbocycles. The topological polar surface area (TPSA) is 40.8 Å². The maximum atomic E-state index is 15.2. The van der Waals surface area contributed by atoms with Crippen LogP contribution in [0.2, 0.25) is 0 Å². The van der Waals surface area contributed by atoms with Crippen LogP contribution in [0.15, 0.2) is 71.7 Å². The number of ketones is 1. The van der Waals surface area contributed by atoms with Gasteiger partial charge in [-0.15, -0.1) is 0 Å². The molecule has 206 valence electrons. The summed E-state index contributed by atoms with van der Waals surface area (Å²) in [4.78, 5) is 21.2. The number of aliphatic imine (C=N–C) groups is 1. The van der Waals surface area contributed by atoms with Crippen LogP contribution in [-0.4, -0.2) is 27.8 Å². The van der Waals surface area contributed by atoms with Crippen LogP contribution in [0, 0.1) is 12.7 Å². The van der Waals surface area contributed by atoms with Crippen molar-refractivity contribution >= 4 is 34.0 Å². The fraction of sp³-hybridized carbons (Fsp3) is 0.290. The van der Waals surface area contributed by atoms with Crippen LogP contribution in [0.4, 0.5) is 28.9 Å². The largest absolute Gasteiger partial charge is 0.416 e. The van der Waals surface area contributed by atoms with Crippen molar-refractivity contribution in [1.82, 2.24) is 9.47 Å². The van der Waals surface area contributed by atoms with Crippen molar-refractivity contribution in [2.45, 2.75) is 52.0 Å². The lowest BCUT2D eigenvalue weighted by atomic mass is 9.94. The van der Waals surface area contributed by atoms with E-state index in [0.29, 0.717) is 31.2 Å². The summed E-state index contributed by atoms with van der Waals surface area (Å²) in [6.07, 6.45) is -4.28. The fourth-order valence-corrected chi connectivity index (χ4v) is 5.75. The summed E-state index contributed by atoms with van der Waals surface area (Å²) < 4.78 is 58.7. The number of guanidine groups is 1. The van der Waals surface area contributed by atoms with Gasteiger partial charge in [-0.1, -0.05) is 37.3 Å². The third-order valence-corrected chi connectivity index (χ3v) is 7.76. The van der Waals surface area contributed by atoms with Gasteiger partial charge in [0.25, 0.3) is 0 Å². The number of hydrogen-bond acceptors (Lipinski definition) is 4. The van der Waals surface area contributed by atoms with Gasteiger partial charge in [0.2, 0.25) is 5.96 Å². The number of alkyl halides is 3. The second kappa shape index (κ2) is 9.80. The maximum Gasteiger partial charge on any atom is 0.416 e. The molecule has 1 unspecified atom stereocenters. The van der Waals surface area contributed by atoms with E-state index in [-0.39, 0.29) is 30.0 Å². The SMILES string of the molecule is CCC(=O)CC1c2cccc(F)c2N=C(N2CCn3c(cc4ccc(C)cc43)C2)N1c1cccc(C(F)(F)F)c1. The van der Waals surface area contributed by atoms with Gasteiger partial charge in [-0.25, -0.2) is 9.38 Å². The molecule has 1 aromatic heterocycles. The number of para-hydroxylation sites is 1. The lowest BCUT2D eigenvalue weighted by molar-refractivity contribution is -0.137. The third-order valence-electron chi connectivity index (χ3n) is 7.76. The molecule has 1 atom stereocenters. The van der Waals surface area contributed by atoms with Gasteiger partial charge in [0.15, 0.2) is 0 Å². The van der Waals surface area contributed by atoms with Gasteiger partial charge in [-0.2, -0.15) is 13.2 Å². The molecule has 5 nitrogen and oxygen atoms in total. The van der Waals surface area contributed by atoms with Crippen LogP contribution in [0.1, 0.15) is 48.2 Å². The van der Waals surface area contributed by atoms with Crippen LogP contribution in [-0.2, 0) is 24.1 Å². The standard InChI is InChI=1S/C31H28F4N4O/c1-3-24(40)17-28-25-8-5-9-26(32)29(25)36-30(39(28)22-7-4-6-21(16-22)31(33,34)35)37-12-13-38-23(18-37)15-20-11-10-19(2)14-27(20)38/h4-11,14-16,28H,3,12-13,17-18H2,1-2H3. The van der Waals surface area contributed by atoms with E-state index < -0.39 is 23.6 Å². The van der Waals surface area contributed by atoms with Crippen LogP contribution < -0.4 is 4.90 Å². The molecular weight excluding hydrogens is 520 g/mol. The molecule has 3 aromatic carbocycles. The van der Waals surface area contributed by atoms with Crippen LogP contribution >= 0.6 is 0 Å². The van der Waals surface area contributed by atoms with Crippen molar-refractivity contribution in [3.63, 3.8) is 0 Å². The average molecular weight is 549 g/mol. The lowest BCUT2D eigenvalue weighted by Gasteiger charge is -2.43. The summed E-state index contributed by atoms with van der Waals surface area (Å²) >= 11 is 0. The molecule has 2 aliphatic heterocycles. The molecule has 0 aliphatic carbocycles. The summed E-state index contributed by atoms with van der Waals surface area (Å²) in [6.45, 7) is 5.35. The number of aryl methyl sites for hydroxylation is 1. The van der Waals surface area contributed by atoms with Crippen molar-refractivity contribution < 1.29 is 22.4 Å². The van der Waals surface area contributed by atoms with Gasteiger partial charge in [-0.3, -0.25) is 4.79 Å². The summed E-state index contributed by atoms with van der Waals surface area (Å²) in [5.41, 5.74) is 3.35. The van der Waals surface area contributed by atoms with Gasteiger partial charge >= 0.3 is 6.18 Å². The van der Waals surface area contributed by atoms with E-state index in [2.05, 4.69) is 28.8 Å². The zero-order chi connectivity index (χ0) is 28.2. The maximum absolute atomic E-state index is 15.2. The van der Waals surface area contributed by atoms with Gasteiger partial charge < -0.3 is 14.4 Å². The fourth-order valence-electron chi connectivity index (χ4n) is 5.75. The van der Waals surface area contributed by atoms with Crippen molar-refractivity contribution in [3.05, 3.63) is 94.9 Å². The van der Waals surface area contributed by atoms with E-state index >= 15 is 4.39 Å². The van der Waals surface area contributed by atoms with E-state index in [4.69, 9.17) is 4.99 Å². The molecule has 0 saturated heterocycles. The average Bonchev–Trinajstić information content (AvgIpc) is 3.29. The molecular formula is C31H28F4N4O. The molecule has 0 fully saturated rings. The number of benzene rings is 3. The highest BCUT2D eigenvalue weighted by Gasteiger charge is 2.38. The Balaban J connectivity index is 1.51. The molecule has 6 rings (SSSR count). The number of rotatable bonds is 4. The van der Waals surface area contributed by atoms with Gasteiger partial charge in [0.05, 0.1) is 18.2 Å². The molecule has 9 heteroatoms. The zero-order valence-corrected chi connectivity index (χ0v) is 22.2. The first kappa shape index (κ1) is 26.1. The number of aromatic nitrogens is 1. The summed E-state index contributed by atoms with van der Waals surface area (Å²) in [5, 5.41) is 1.10. The predicted octanol–water partition coefficient (Wildman–Crippen LogP) is 7.54. The number of anilines is 1. The number of nitrogens with zero attached hydrogens (tertiary/aromatic N) is 4. The van der Waals surface area contributed by atoms with E-state index in [1.165, 1.54) is 12.1 Å². The third kappa shape index (κ3) is 4.53. The molecule has 40 heavy (non-hydrogen) atoms. The second-order valence-electron chi connectivity index (χ2n) is 10.4. The van der Waals surface area contributed by atoms with Crippen molar-refractivity contribution in [1.29, 1.82) is 0 Å². The molecule has 0 N–H and O–H groups in total. The van der Waals surface area contributed by atoms with E-state index in [1.54, 1.807) is 30.0 Å². The van der Waals surface area contributed by atoms with Crippen molar-refractivity contribution in [3.8, 4) is 0 Å². The Morgan fingerprint density at radius 3 is 2.60 bits per heavy atom. The predicted molar refractivity (Wildman–Crippen MR) is 147 cm³/mol. The minimum absolute atomic E-state index is 0.00952. The van der Waals surface area contributed by atoms with Crippen molar-refractivity contribution in [2.24, 2.45) is 4.99 Å². The summed E-state index contributed by atoms with van der Waals surface area (Å²) in [7, 11) is 0. The first-order valence-electron chi connectivity index (χ1n) is 13.3. The molecule has 0 radical (unpaired) electrons. The second-order valence-corrected chi connectivity index (χ2v) is 10.4. The first-order valence-corrected chi connectivity index (χ1v) is 13.3. The monoisotopic (exact) mass is 548 g/mol. The van der Waals surface area contributed by atoms with Gasteiger partial charge in [0.1, 0.15) is 17.3 Å². The Kier molecular flexibility index (Phi) is 6.40. The van der Waals surface area contributed by atoms with Crippen LogP contribution in [0.3, 0.4) is 0 Å². The highest BCUT2D eigenvalue weighted by atomic mass is 19.4. The summed E-state index contributed by atoms with van der Waals surface area (Å²) in [6, 6.07) is 17.2. The Morgan fingerprint density at radius 1 is 1.02 bits per heavy atom. The summed E-state index contributed by atoms with van der Waals surface area (Å²) in [5.74, 6) is -0.277. The Bertz CT molecular complexity index is 1660. The van der Waals surface area contributed by atoms with Gasteiger partial charge in [-0.05, 0) is 54.3 Å². The molecule has 3 heterocycles. The number of hydrogen-bond donors (Lipinski definition) is 0. The number of carbonyl (C=O) groups is 1.